The normalized spacial score (nSPS) is 11.9. The molecule has 3 aromatic rings. The lowest BCUT2D eigenvalue weighted by molar-refractivity contribution is -0.136. The second-order valence-electron chi connectivity index (χ2n) is 4.12. The summed E-state index contributed by atoms with van der Waals surface area (Å²) < 4.78 is 39.0. The topological polar surface area (TPSA) is 80.5 Å². The summed E-state index contributed by atoms with van der Waals surface area (Å²) >= 11 is 0. The fourth-order valence-electron chi connectivity index (χ4n) is 2.00. The molecule has 0 fully saturated rings. The standard InChI is InChI=1S/C12H8F3N5/c13-12(14,15)8-3-1-2-7-9(6-4-17-18-5-6)19-11(16)20-10(7)8/h1-5H,(H,17,18)(H2,16,19,20). The fourth-order valence-corrected chi connectivity index (χ4v) is 2.00. The molecular formula is C12H8F3N5. The van der Waals surface area contributed by atoms with Gasteiger partial charge < -0.3 is 5.73 Å². The predicted octanol–water partition coefficient (Wildman–Crippen LogP) is 2.62. The summed E-state index contributed by atoms with van der Waals surface area (Å²) in [6.45, 7) is 0. The Labute approximate surface area is 110 Å². The van der Waals surface area contributed by atoms with Crippen LogP contribution >= 0.6 is 0 Å². The van der Waals surface area contributed by atoms with Crippen molar-refractivity contribution in [2.45, 2.75) is 6.18 Å². The van der Waals surface area contributed by atoms with Crippen LogP contribution in [0.1, 0.15) is 5.56 Å². The molecule has 0 saturated carbocycles. The third-order valence-corrected chi connectivity index (χ3v) is 2.82. The number of halogens is 3. The van der Waals surface area contributed by atoms with Crippen molar-refractivity contribution < 1.29 is 13.2 Å². The largest absolute Gasteiger partial charge is 0.418 e. The van der Waals surface area contributed by atoms with E-state index >= 15 is 0 Å². The van der Waals surface area contributed by atoms with Crippen molar-refractivity contribution in [1.82, 2.24) is 20.2 Å². The van der Waals surface area contributed by atoms with Gasteiger partial charge in [0, 0.05) is 17.1 Å². The first-order chi connectivity index (χ1) is 9.47. The highest BCUT2D eigenvalue weighted by Gasteiger charge is 2.33. The summed E-state index contributed by atoms with van der Waals surface area (Å²) in [5, 5.41) is 6.62. The van der Waals surface area contributed by atoms with Crippen LogP contribution in [0.25, 0.3) is 22.2 Å². The van der Waals surface area contributed by atoms with Gasteiger partial charge in [-0.2, -0.15) is 18.3 Å². The van der Waals surface area contributed by atoms with E-state index in [4.69, 9.17) is 5.73 Å². The van der Waals surface area contributed by atoms with Gasteiger partial charge in [0.2, 0.25) is 5.95 Å². The second kappa shape index (κ2) is 4.19. The van der Waals surface area contributed by atoms with Crippen molar-refractivity contribution in [3.8, 4) is 11.3 Å². The number of rotatable bonds is 1. The smallest absolute Gasteiger partial charge is 0.368 e. The van der Waals surface area contributed by atoms with Crippen LogP contribution in [0.3, 0.4) is 0 Å². The van der Waals surface area contributed by atoms with E-state index in [2.05, 4.69) is 20.2 Å². The lowest BCUT2D eigenvalue weighted by Crippen LogP contribution is -2.08. The number of alkyl halides is 3. The van der Waals surface area contributed by atoms with Crippen molar-refractivity contribution in [3.05, 3.63) is 36.2 Å². The number of nitrogen functional groups attached to an aromatic ring is 1. The Morgan fingerprint density at radius 3 is 2.60 bits per heavy atom. The van der Waals surface area contributed by atoms with Crippen LogP contribution in [0.15, 0.2) is 30.6 Å². The van der Waals surface area contributed by atoms with Gasteiger partial charge >= 0.3 is 6.18 Å². The summed E-state index contributed by atoms with van der Waals surface area (Å²) in [5.41, 5.74) is 5.32. The number of nitrogens with zero attached hydrogens (tertiary/aromatic N) is 3. The van der Waals surface area contributed by atoms with Crippen LogP contribution in [0.4, 0.5) is 19.1 Å². The Balaban J connectivity index is 2.39. The minimum atomic E-state index is -4.51. The molecule has 0 aliphatic rings. The molecule has 8 heteroatoms. The molecule has 0 saturated heterocycles. The zero-order valence-corrected chi connectivity index (χ0v) is 9.94. The molecule has 2 aromatic heterocycles. The van der Waals surface area contributed by atoms with Crippen molar-refractivity contribution >= 4 is 16.9 Å². The third-order valence-electron chi connectivity index (χ3n) is 2.82. The fraction of sp³-hybridized carbons (Fsp3) is 0.0833. The van der Waals surface area contributed by atoms with Gasteiger partial charge in [0.1, 0.15) is 0 Å². The Morgan fingerprint density at radius 2 is 1.95 bits per heavy atom. The molecule has 0 amide bonds. The minimum Gasteiger partial charge on any atom is -0.368 e. The maximum atomic E-state index is 13.0. The highest BCUT2D eigenvalue weighted by atomic mass is 19.4. The molecule has 3 rings (SSSR count). The first-order valence-electron chi connectivity index (χ1n) is 5.59. The molecule has 0 spiro atoms. The summed E-state index contributed by atoms with van der Waals surface area (Å²) in [7, 11) is 0. The molecule has 3 N–H and O–H groups in total. The van der Waals surface area contributed by atoms with Gasteiger partial charge in [0.05, 0.1) is 23.0 Å². The molecule has 102 valence electrons. The Hall–Kier alpha value is -2.64. The molecule has 5 nitrogen and oxygen atoms in total. The SMILES string of the molecule is Nc1nc(-c2cn[nH]c2)c2cccc(C(F)(F)F)c2n1. The number of aromatic amines is 1. The van der Waals surface area contributed by atoms with Gasteiger partial charge in [-0.25, -0.2) is 9.97 Å². The maximum absolute atomic E-state index is 13.0. The summed E-state index contributed by atoms with van der Waals surface area (Å²) in [6, 6.07) is 3.80. The number of nitrogens with one attached hydrogen (secondary N) is 1. The minimum absolute atomic E-state index is 0.217. The van der Waals surface area contributed by atoms with Crippen molar-refractivity contribution in [3.63, 3.8) is 0 Å². The van der Waals surface area contributed by atoms with Crippen LogP contribution in [-0.2, 0) is 6.18 Å². The first-order valence-corrected chi connectivity index (χ1v) is 5.59. The van der Waals surface area contributed by atoms with Crippen LogP contribution < -0.4 is 5.73 Å². The van der Waals surface area contributed by atoms with Gasteiger partial charge in [-0.15, -0.1) is 0 Å². The monoisotopic (exact) mass is 279 g/mol. The van der Waals surface area contributed by atoms with Crippen LogP contribution in [0.5, 0.6) is 0 Å². The molecule has 1 aromatic carbocycles. The molecular weight excluding hydrogens is 271 g/mol. The molecule has 0 radical (unpaired) electrons. The van der Waals surface area contributed by atoms with E-state index in [0.29, 0.717) is 11.3 Å². The average molecular weight is 279 g/mol. The van der Waals surface area contributed by atoms with Crippen molar-refractivity contribution in [2.75, 3.05) is 5.73 Å². The molecule has 20 heavy (non-hydrogen) atoms. The van der Waals surface area contributed by atoms with E-state index in [1.54, 1.807) is 0 Å². The van der Waals surface area contributed by atoms with Crippen LogP contribution in [0.2, 0.25) is 0 Å². The van der Waals surface area contributed by atoms with E-state index < -0.39 is 11.7 Å². The summed E-state index contributed by atoms with van der Waals surface area (Å²) in [6.07, 6.45) is -1.52. The molecule has 2 heterocycles. The van der Waals surface area contributed by atoms with E-state index in [-0.39, 0.29) is 16.9 Å². The van der Waals surface area contributed by atoms with Crippen LogP contribution in [-0.4, -0.2) is 20.2 Å². The Morgan fingerprint density at radius 1 is 1.15 bits per heavy atom. The maximum Gasteiger partial charge on any atom is 0.418 e. The zero-order valence-electron chi connectivity index (χ0n) is 9.94. The first kappa shape index (κ1) is 12.4. The van der Waals surface area contributed by atoms with Gasteiger partial charge in [-0.1, -0.05) is 12.1 Å². The molecule has 0 bridgehead atoms. The molecule has 0 unspecified atom stereocenters. The van der Waals surface area contributed by atoms with Gasteiger partial charge in [-0.3, -0.25) is 5.10 Å². The lowest BCUT2D eigenvalue weighted by atomic mass is 10.1. The molecule has 0 atom stereocenters. The second-order valence-corrected chi connectivity index (χ2v) is 4.12. The number of hydrogen-bond acceptors (Lipinski definition) is 4. The van der Waals surface area contributed by atoms with Gasteiger partial charge in [0.15, 0.2) is 0 Å². The van der Waals surface area contributed by atoms with E-state index in [1.165, 1.54) is 24.5 Å². The van der Waals surface area contributed by atoms with Crippen LogP contribution in [0, 0.1) is 0 Å². The number of H-pyrrole nitrogens is 1. The number of hydrogen-bond donors (Lipinski definition) is 2. The van der Waals surface area contributed by atoms with E-state index in [1.807, 2.05) is 0 Å². The third kappa shape index (κ3) is 1.94. The lowest BCUT2D eigenvalue weighted by Gasteiger charge is -2.11. The number of fused-ring (bicyclic) bond motifs is 1. The Kier molecular flexibility index (Phi) is 2.60. The summed E-state index contributed by atoms with van der Waals surface area (Å²) in [5.74, 6) is -0.217. The van der Waals surface area contributed by atoms with E-state index in [0.717, 1.165) is 6.07 Å². The number of nitrogens with two attached hydrogens (primary N) is 1. The average Bonchev–Trinajstić information content (AvgIpc) is 2.89. The number of benzene rings is 1. The zero-order chi connectivity index (χ0) is 14.3. The van der Waals surface area contributed by atoms with Crippen molar-refractivity contribution in [1.29, 1.82) is 0 Å². The highest BCUT2D eigenvalue weighted by molar-refractivity contribution is 5.94. The predicted molar refractivity (Wildman–Crippen MR) is 66.5 cm³/mol. The number of anilines is 1. The van der Waals surface area contributed by atoms with Gasteiger partial charge in [0.25, 0.3) is 0 Å². The van der Waals surface area contributed by atoms with Gasteiger partial charge in [-0.05, 0) is 6.07 Å². The quantitative estimate of drug-likeness (QED) is 0.717. The van der Waals surface area contributed by atoms with E-state index in [9.17, 15) is 13.2 Å². The summed E-state index contributed by atoms with van der Waals surface area (Å²) in [4.78, 5) is 7.73. The molecule has 0 aliphatic carbocycles. The highest BCUT2D eigenvalue weighted by Crippen LogP contribution is 2.36. The number of aromatic nitrogens is 4. The Bertz CT molecular complexity index is 765. The number of para-hydroxylation sites is 1. The van der Waals surface area contributed by atoms with Crippen molar-refractivity contribution in [2.24, 2.45) is 0 Å². The molecule has 0 aliphatic heterocycles.